The number of rotatable bonds is 0. The Balaban J connectivity index is 0. The molecule has 0 saturated heterocycles. The first-order valence-corrected chi connectivity index (χ1v) is 0. The van der Waals surface area contributed by atoms with E-state index in [0.29, 0.717) is 0 Å². The smallest absolute Gasteiger partial charge is 0 e. The largest absolute Gasteiger partial charge is 0 e. The molecule has 0 N–H and O–H groups in total. The fourth-order valence-corrected chi connectivity index (χ4v) is 0. The average molecular weight is 813 g/mol. The molecule has 0 aromatic rings. The predicted octanol–water partition coefficient (Wildman–Crippen LogP) is -1.53. The molecule has 0 aromatic heterocycles. The van der Waals surface area contributed by atoms with Gasteiger partial charge in [-0.3, -0.25) is 0 Å². The second-order valence-corrected chi connectivity index (χ2v) is 0. The molecule has 0 rings (SSSR count). The van der Waals surface area contributed by atoms with Crippen LogP contribution in [0.5, 0.6) is 0 Å². The van der Waals surface area contributed by atoms with Crippen molar-refractivity contribution >= 4 is 95.9 Å². The summed E-state index contributed by atoms with van der Waals surface area (Å²) < 4.78 is 0. The predicted molar refractivity (Wildman–Crippen MR) is 23.0 cm³/mol. The third-order valence-electron chi connectivity index (χ3n) is 0. The second-order valence-electron chi connectivity index (χ2n) is 0. The van der Waals surface area contributed by atoms with Gasteiger partial charge < -0.3 is 0 Å². The molecule has 0 spiro atoms. The second kappa shape index (κ2) is 24.3. The maximum absolute atomic E-state index is 0. The zero-order valence-electron chi connectivity index (χ0n) is 2.55. The zero-order chi connectivity index (χ0) is 0. The summed E-state index contributed by atoms with van der Waals surface area (Å²) in [6.45, 7) is 0. The molecule has 0 nitrogen and oxygen atoms in total. The van der Waals surface area contributed by atoms with Crippen LogP contribution in [0.2, 0.25) is 0 Å². The minimum atomic E-state index is 0. The molecule has 0 heterocycles. The van der Waals surface area contributed by atoms with Gasteiger partial charge in [0.25, 0.3) is 0 Å². The Morgan fingerprint density at radius 3 is 1.00 bits per heavy atom. The van der Waals surface area contributed by atoms with Gasteiger partial charge in [0.1, 0.15) is 0 Å². The van der Waals surface area contributed by atoms with Crippen LogP contribution in [0.1, 0.15) is 0 Å². The molecule has 13 radical (unpaired) electrons. The molecule has 0 fully saturated rings. The van der Waals surface area contributed by atoms with Crippen molar-refractivity contribution in [1.82, 2.24) is 0 Å². The van der Waals surface area contributed by atoms with Gasteiger partial charge in [0.2, 0.25) is 0 Å². The standard InChI is InChI=1S/As.Bi.Hg.Pb.Sb. The monoisotopic (exact) mass is 815 g/mol. The van der Waals surface area contributed by atoms with Crippen molar-refractivity contribution in [3.63, 3.8) is 0 Å². The van der Waals surface area contributed by atoms with Crippen LogP contribution in [0.4, 0.5) is 0 Å². The van der Waals surface area contributed by atoms with Crippen molar-refractivity contribution in [1.29, 1.82) is 0 Å². The van der Waals surface area contributed by atoms with Crippen LogP contribution < -0.4 is 0 Å². The molecule has 21 valence electrons. The Hall–Kier alpha value is 4.12. The molecule has 5 heavy (non-hydrogen) atoms. The first-order chi connectivity index (χ1) is 0. The van der Waals surface area contributed by atoms with Crippen LogP contribution in [0.3, 0.4) is 0 Å². The minimum Gasteiger partial charge on any atom is 0 e. The van der Waals surface area contributed by atoms with Crippen LogP contribution in [0.25, 0.3) is 0 Å². The number of hydrogen-bond acceptors (Lipinski definition) is 0. The van der Waals surface area contributed by atoms with Gasteiger partial charge >= 0.3 is 0 Å². The molecule has 0 bridgehead atoms. The summed E-state index contributed by atoms with van der Waals surface area (Å²) in [6.07, 6.45) is 0. The van der Waals surface area contributed by atoms with Gasteiger partial charge in [0, 0.05) is 124 Å². The number of hydrogen-bond donors (Lipinski definition) is 0. The molecule has 5 heteroatoms. The summed E-state index contributed by atoms with van der Waals surface area (Å²) in [5, 5.41) is 0. The van der Waals surface area contributed by atoms with Gasteiger partial charge in [-0.05, 0) is 0 Å². The van der Waals surface area contributed by atoms with E-state index in [9.17, 15) is 0 Å². The quantitative estimate of drug-likeness (QED) is 0.261. The molecule has 0 unspecified atom stereocenters. The normalized spacial score (nSPS) is 0. The van der Waals surface area contributed by atoms with Crippen LogP contribution >= 0.6 is 0 Å². The summed E-state index contributed by atoms with van der Waals surface area (Å²) in [7, 11) is 0. The van der Waals surface area contributed by atoms with Crippen molar-refractivity contribution in [2.24, 2.45) is 0 Å². The summed E-state index contributed by atoms with van der Waals surface area (Å²) in [5.74, 6) is 0. The van der Waals surface area contributed by atoms with Crippen molar-refractivity contribution in [3.8, 4) is 0 Å². The molecule has 0 aromatic carbocycles. The van der Waals surface area contributed by atoms with Gasteiger partial charge in [0.05, 0.1) is 0 Å². The Morgan fingerprint density at radius 1 is 1.00 bits per heavy atom. The van der Waals surface area contributed by atoms with Crippen LogP contribution in [-0.4, -0.2) is 95.9 Å². The molecule has 0 saturated carbocycles. The van der Waals surface area contributed by atoms with E-state index in [1.165, 1.54) is 0 Å². The molecular formula is AsBiHgPbSb. The van der Waals surface area contributed by atoms with E-state index >= 15 is 0 Å². The SMILES string of the molecule is [As].[Bi].[Hg].[Pb].[Sb]. The van der Waals surface area contributed by atoms with Gasteiger partial charge in [-0.25, -0.2) is 0 Å². The van der Waals surface area contributed by atoms with Crippen molar-refractivity contribution in [2.45, 2.75) is 0 Å². The third kappa shape index (κ3) is 17.9. The minimum absolute atomic E-state index is 0. The molecule has 0 amide bonds. The Bertz CT molecular complexity index is 11.6. The molecule has 0 aliphatic carbocycles. The van der Waals surface area contributed by atoms with E-state index in [-0.39, 0.29) is 124 Å². The zero-order valence-corrected chi connectivity index (χ0v) is 19.8. The summed E-state index contributed by atoms with van der Waals surface area (Å²) >= 11 is 0. The maximum Gasteiger partial charge on any atom is 0 e. The first kappa shape index (κ1) is 35.4. The average Bonchev–Trinajstić information content (AvgIpc) is 0. The van der Waals surface area contributed by atoms with Gasteiger partial charge in [-0.1, -0.05) is 0 Å². The third-order valence-corrected chi connectivity index (χ3v) is 0. The maximum atomic E-state index is 0. The van der Waals surface area contributed by atoms with E-state index < -0.39 is 0 Å². The van der Waals surface area contributed by atoms with Crippen molar-refractivity contribution in [3.05, 3.63) is 0 Å². The summed E-state index contributed by atoms with van der Waals surface area (Å²) in [5.41, 5.74) is 0. The molecular weight excluding hydrogens is 813 g/mol. The Labute approximate surface area is 121 Å². The Kier molecular flexibility index (Phi) is 172. The summed E-state index contributed by atoms with van der Waals surface area (Å²) in [6, 6.07) is 0. The topological polar surface area (TPSA) is 0 Å². The van der Waals surface area contributed by atoms with E-state index in [0.717, 1.165) is 0 Å². The van der Waals surface area contributed by atoms with E-state index in [2.05, 4.69) is 0 Å². The van der Waals surface area contributed by atoms with Crippen molar-refractivity contribution < 1.29 is 27.7 Å². The fourth-order valence-electron chi connectivity index (χ4n) is 0. The van der Waals surface area contributed by atoms with Gasteiger partial charge in [-0.15, -0.1) is 0 Å². The van der Waals surface area contributed by atoms with Crippen LogP contribution in [0, 0.1) is 0 Å². The summed E-state index contributed by atoms with van der Waals surface area (Å²) in [4.78, 5) is 0. The van der Waals surface area contributed by atoms with E-state index in [1.54, 1.807) is 0 Å². The Morgan fingerprint density at radius 2 is 1.00 bits per heavy atom. The van der Waals surface area contributed by atoms with E-state index in [4.69, 9.17) is 0 Å². The molecule has 0 aliphatic heterocycles. The van der Waals surface area contributed by atoms with Crippen LogP contribution in [0.15, 0.2) is 0 Å². The van der Waals surface area contributed by atoms with E-state index in [1.807, 2.05) is 0 Å². The molecule has 0 aliphatic rings. The molecule has 0 atom stereocenters. The first-order valence-electron chi connectivity index (χ1n) is 0. The van der Waals surface area contributed by atoms with Gasteiger partial charge in [-0.2, -0.15) is 0 Å². The van der Waals surface area contributed by atoms with Crippen molar-refractivity contribution in [2.75, 3.05) is 0 Å². The fraction of sp³-hybridized carbons (Fsp3) is 0. The van der Waals surface area contributed by atoms with Gasteiger partial charge in [0.15, 0.2) is 0 Å². The van der Waals surface area contributed by atoms with Crippen LogP contribution in [-0.2, 0) is 27.7 Å².